The molecule has 0 radical (unpaired) electrons. The molecule has 2 atom stereocenters. The molecule has 7 nitrogen and oxygen atoms in total. The van der Waals surface area contributed by atoms with Crippen molar-refractivity contribution in [3.8, 4) is 5.75 Å². The van der Waals surface area contributed by atoms with Crippen LogP contribution in [0.3, 0.4) is 0 Å². The van der Waals surface area contributed by atoms with E-state index < -0.39 is 24.0 Å². The normalized spacial score (nSPS) is 13.1. The number of aliphatic hydroxyl groups excluding tert-OH is 1. The summed E-state index contributed by atoms with van der Waals surface area (Å²) >= 11 is 0. The molecule has 182 valence electrons. The molecule has 0 aliphatic rings. The fourth-order valence-electron chi connectivity index (χ4n) is 4.46. The van der Waals surface area contributed by atoms with E-state index in [1.165, 1.54) is 7.11 Å². The minimum Gasteiger partial charge on any atom is -0.496 e. The molecule has 0 saturated carbocycles. The van der Waals surface area contributed by atoms with E-state index in [-0.39, 0.29) is 5.92 Å². The highest BCUT2D eigenvalue weighted by Crippen LogP contribution is 2.28. The maximum Gasteiger partial charge on any atom is 0.337 e. The van der Waals surface area contributed by atoms with E-state index in [1.807, 2.05) is 32.2 Å². The fourth-order valence-corrected chi connectivity index (χ4v) is 4.46. The predicted molar refractivity (Wildman–Crippen MR) is 130 cm³/mol. The summed E-state index contributed by atoms with van der Waals surface area (Å²) in [4.78, 5) is 26.6. The average Bonchev–Trinajstić information content (AvgIpc) is 3.20. The number of H-pyrrole nitrogens is 1. The predicted octanol–water partition coefficient (Wildman–Crippen LogP) is 4.59. The van der Waals surface area contributed by atoms with Gasteiger partial charge in [-0.15, -0.1) is 0 Å². The Kier molecular flexibility index (Phi) is 8.34. The molecular formula is C27H33NO6. The Morgan fingerprint density at radius 1 is 1.06 bits per heavy atom. The Balaban J connectivity index is 1.73. The molecule has 2 unspecified atom stereocenters. The van der Waals surface area contributed by atoms with E-state index in [0.717, 1.165) is 34.0 Å². The van der Waals surface area contributed by atoms with Crippen LogP contribution < -0.4 is 4.74 Å². The molecule has 7 heteroatoms. The third-order valence-electron chi connectivity index (χ3n) is 6.30. The summed E-state index contributed by atoms with van der Waals surface area (Å²) in [6.07, 6.45) is 3.64. The summed E-state index contributed by atoms with van der Waals surface area (Å²) in [6, 6.07) is 11.5. The number of carbonyl (C=O) groups is 2. The zero-order valence-corrected chi connectivity index (χ0v) is 20.1. The molecule has 3 N–H and O–H groups in total. The van der Waals surface area contributed by atoms with Crippen molar-refractivity contribution < 1.29 is 29.3 Å². The first-order valence-electron chi connectivity index (χ1n) is 11.5. The standard InChI is InChI=1S/C27H33NO6/c1-16(2)25(26(30)31)23(29)7-5-6-17-8-11-22-21(12-17)20(15-28-22)13-18-9-10-19(27(32)34-4)14-24(18)33-3/h8-12,14-16,23,25,28-29H,5-7,13H2,1-4H3,(H,30,31). The lowest BCUT2D eigenvalue weighted by molar-refractivity contribution is -0.148. The number of aryl methyl sites for hydroxylation is 1. The molecule has 34 heavy (non-hydrogen) atoms. The summed E-state index contributed by atoms with van der Waals surface area (Å²) in [6.45, 7) is 3.64. The van der Waals surface area contributed by atoms with Crippen LogP contribution in [0.15, 0.2) is 42.6 Å². The van der Waals surface area contributed by atoms with Gasteiger partial charge in [0, 0.05) is 23.5 Å². The van der Waals surface area contributed by atoms with Crippen LogP contribution in [0.4, 0.5) is 0 Å². The van der Waals surface area contributed by atoms with E-state index in [1.54, 1.807) is 19.2 Å². The van der Waals surface area contributed by atoms with Gasteiger partial charge in [-0.05, 0) is 66.1 Å². The third kappa shape index (κ3) is 5.78. The summed E-state index contributed by atoms with van der Waals surface area (Å²) in [5.74, 6) is -1.60. The molecule has 0 aliphatic carbocycles. The Labute approximate surface area is 199 Å². The smallest absolute Gasteiger partial charge is 0.337 e. The lowest BCUT2D eigenvalue weighted by Gasteiger charge is -2.22. The van der Waals surface area contributed by atoms with Gasteiger partial charge in [0.05, 0.1) is 31.8 Å². The van der Waals surface area contributed by atoms with Crippen LogP contribution in [-0.4, -0.2) is 47.5 Å². The van der Waals surface area contributed by atoms with Crippen molar-refractivity contribution in [2.75, 3.05) is 14.2 Å². The van der Waals surface area contributed by atoms with E-state index in [0.29, 0.717) is 30.6 Å². The van der Waals surface area contributed by atoms with E-state index in [2.05, 4.69) is 17.1 Å². The highest BCUT2D eigenvalue weighted by molar-refractivity contribution is 5.90. The zero-order chi connectivity index (χ0) is 24.8. The number of esters is 1. The van der Waals surface area contributed by atoms with E-state index in [4.69, 9.17) is 9.47 Å². The van der Waals surface area contributed by atoms with Gasteiger partial charge >= 0.3 is 11.9 Å². The van der Waals surface area contributed by atoms with Crippen LogP contribution in [0.2, 0.25) is 0 Å². The number of aromatic amines is 1. The number of ether oxygens (including phenoxy) is 2. The maximum atomic E-state index is 11.8. The summed E-state index contributed by atoms with van der Waals surface area (Å²) in [5, 5.41) is 20.8. The second kappa shape index (κ2) is 11.2. The number of aromatic nitrogens is 1. The molecule has 1 aromatic heterocycles. The molecule has 0 bridgehead atoms. The molecule has 3 aromatic rings. The number of hydrogen-bond donors (Lipinski definition) is 3. The van der Waals surface area contributed by atoms with E-state index in [9.17, 15) is 19.8 Å². The van der Waals surface area contributed by atoms with Crippen LogP contribution in [0.25, 0.3) is 10.9 Å². The van der Waals surface area contributed by atoms with Crippen LogP contribution in [-0.2, 0) is 22.4 Å². The Morgan fingerprint density at radius 3 is 2.47 bits per heavy atom. The van der Waals surface area contributed by atoms with Gasteiger partial charge in [-0.25, -0.2) is 4.79 Å². The first-order valence-corrected chi connectivity index (χ1v) is 11.5. The molecule has 3 rings (SSSR count). The van der Waals surface area contributed by atoms with Crippen molar-refractivity contribution >= 4 is 22.8 Å². The number of nitrogens with one attached hydrogen (secondary N) is 1. The largest absolute Gasteiger partial charge is 0.496 e. The van der Waals surface area contributed by atoms with Gasteiger partial charge in [0.15, 0.2) is 0 Å². The molecule has 0 fully saturated rings. The van der Waals surface area contributed by atoms with Crippen molar-refractivity contribution in [2.24, 2.45) is 11.8 Å². The van der Waals surface area contributed by atoms with Crippen molar-refractivity contribution in [3.63, 3.8) is 0 Å². The first-order chi connectivity index (χ1) is 16.2. The maximum absolute atomic E-state index is 11.8. The number of fused-ring (bicyclic) bond motifs is 1. The Hall–Kier alpha value is -3.32. The molecule has 2 aromatic carbocycles. The zero-order valence-electron chi connectivity index (χ0n) is 20.1. The molecule has 0 saturated heterocycles. The second-order valence-corrected chi connectivity index (χ2v) is 8.96. The topological polar surface area (TPSA) is 109 Å². The van der Waals surface area contributed by atoms with E-state index >= 15 is 0 Å². The SMILES string of the molecule is COC(=O)c1ccc(Cc2c[nH]c3ccc(CCCC(O)C(C(=O)O)C(C)C)cc23)c(OC)c1. The van der Waals surface area contributed by atoms with Crippen molar-refractivity contribution in [3.05, 3.63) is 64.8 Å². The first kappa shape index (κ1) is 25.3. The number of hydrogen-bond acceptors (Lipinski definition) is 5. The monoisotopic (exact) mass is 467 g/mol. The minimum atomic E-state index is -0.948. The van der Waals surface area contributed by atoms with Gasteiger partial charge in [0.2, 0.25) is 0 Å². The number of methoxy groups -OCH3 is 2. The fraction of sp³-hybridized carbons (Fsp3) is 0.407. The number of rotatable bonds is 11. The molecule has 0 spiro atoms. The van der Waals surface area contributed by atoms with Gasteiger partial charge in [0.25, 0.3) is 0 Å². The van der Waals surface area contributed by atoms with Crippen LogP contribution in [0.5, 0.6) is 5.75 Å². The lowest BCUT2D eigenvalue weighted by Crippen LogP contribution is -2.32. The summed E-state index contributed by atoms with van der Waals surface area (Å²) in [5.41, 5.74) is 4.65. The lowest BCUT2D eigenvalue weighted by atomic mass is 9.87. The van der Waals surface area contributed by atoms with Crippen LogP contribution in [0.1, 0.15) is 53.7 Å². The summed E-state index contributed by atoms with van der Waals surface area (Å²) < 4.78 is 10.3. The number of carboxylic acids is 1. The molecule has 1 heterocycles. The Bertz CT molecular complexity index is 1150. The number of aliphatic carboxylic acids is 1. The number of carboxylic acid groups (broad SMARTS) is 1. The van der Waals surface area contributed by atoms with Gasteiger partial charge in [-0.2, -0.15) is 0 Å². The number of benzene rings is 2. The minimum absolute atomic E-state index is 0.120. The average molecular weight is 468 g/mol. The van der Waals surface area contributed by atoms with Crippen molar-refractivity contribution in [1.29, 1.82) is 0 Å². The number of carbonyl (C=O) groups excluding carboxylic acids is 1. The summed E-state index contributed by atoms with van der Waals surface area (Å²) in [7, 11) is 2.93. The quantitative estimate of drug-likeness (QED) is 0.356. The van der Waals surface area contributed by atoms with Gasteiger partial charge in [-0.1, -0.05) is 26.0 Å². The Morgan fingerprint density at radius 2 is 1.82 bits per heavy atom. The molecular weight excluding hydrogens is 434 g/mol. The highest BCUT2D eigenvalue weighted by Gasteiger charge is 2.29. The van der Waals surface area contributed by atoms with Crippen LogP contribution in [0, 0.1) is 11.8 Å². The van der Waals surface area contributed by atoms with Gasteiger partial charge in [0.1, 0.15) is 5.75 Å². The third-order valence-corrected chi connectivity index (χ3v) is 6.30. The van der Waals surface area contributed by atoms with Gasteiger partial charge < -0.3 is 24.7 Å². The number of aliphatic hydroxyl groups is 1. The van der Waals surface area contributed by atoms with Crippen molar-refractivity contribution in [1.82, 2.24) is 4.98 Å². The van der Waals surface area contributed by atoms with Crippen molar-refractivity contribution in [2.45, 2.75) is 45.6 Å². The van der Waals surface area contributed by atoms with Gasteiger partial charge in [-0.3, -0.25) is 4.79 Å². The second-order valence-electron chi connectivity index (χ2n) is 8.96. The highest BCUT2D eigenvalue weighted by atomic mass is 16.5. The molecule has 0 aliphatic heterocycles. The molecule has 0 amide bonds. The van der Waals surface area contributed by atoms with Crippen LogP contribution >= 0.6 is 0 Å².